The number of hydrogen-bond donors (Lipinski definition) is 0. The molecule has 0 unspecified atom stereocenters. The molecule has 1 aliphatic heterocycles. The lowest BCUT2D eigenvalue weighted by atomic mass is 9.96. The highest BCUT2D eigenvalue weighted by molar-refractivity contribution is 6.31. The van der Waals surface area contributed by atoms with Crippen LogP contribution in [0.3, 0.4) is 0 Å². The lowest BCUT2D eigenvalue weighted by molar-refractivity contribution is -0.127. The lowest BCUT2D eigenvalue weighted by Gasteiger charge is -2.29. The standard InChI is InChI=1S/C18H20ClN3O2/c1-12-3-4-14(11-16(12)19)5-6-17(23)22-9-7-15(8-10-22)18-20-13(2)21-24-18/h3-6,11,15H,7-10H2,1-2H3. The number of likely N-dealkylation sites (tertiary alicyclic amines) is 1. The van der Waals surface area contributed by atoms with Crippen molar-refractivity contribution in [3.05, 3.63) is 52.1 Å². The van der Waals surface area contributed by atoms with Gasteiger partial charge in [-0.1, -0.05) is 28.9 Å². The first-order chi connectivity index (χ1) is 11.5. The van der Waals surface area contributed by atoms with E-state index in [4.69, 9.17) is 16.1 Å². The summed E-state index contributed by atoms with van der Waals surface area (Å²) in [5, 5.41) is 4.54. The van der Waals surface area contributed by atoms with Gasteiger partial charge in [-0.3, -0.25) is 4.79 Å². The average Bonchev–Trinajstić information content (AvgIpc) is 3.02. The minimum atomic E-state index is 0.0202. The van der Waals surface area contributed by atoms with Crippen LogP contribution in [-0.4, -0.2) is 34.0 Å². The number of piperidine rings is 1. The van der Waals surface area contributed by atoms with Crippen molar-refractivity contribution < 1.29 is 9.32 Å². The van der Waals surface area contributed by atoms with E-state index in [1.165, 1.54) is 0 Å². The fraction of sp³-hybridized carbons (Fsp3) is 0.389. The van der Waals surface area contributed by atoms with Gasteiger partial charge in [-0.25, -0.2) is 0 Å². The van der Waals surface area contributed by atoms with Crippen LogP contribution >= 0.6 is 11.6 Å². The number of carbonyl (C=O) groups excluding carboxylic acids is 1. The molecule has 0 atom stereocenters. The zero-order valence-electron chi connectivity index (χ0n) is 13.8. The van der Waals surface area contributed by atoms with E-state index in [-0.39, 0.29) is 11.8 Å². The fourth-order valence-corrected chi connectivity index (χ4v) is 3.00. The molecule has 3 rings (SSSR count). The molecule has 0 bridgehead atoms. The number of rotatable bonds is 3. The molecule has 0 spiro atoms. The molecule has 0 aliphatic carbocycles. The summed E-state index contributed by atoms with van der Waals surface area (Å²) in [6.45, 7) is 5.16. The second-order valence-electron chi connectivity index (χ2n) is 6.12. The Morgan fingerprint density at radius 2 is 2.08 bits per heavy atom. The quantitative estimate of drug-likeness (QED) is 0.795. The molecule has 2 heterocycles. The minimum absolute atomic E-state index is 0.0202. The molecule has 0 radical (unpaired) electrons. The van der Waals surface area contributed by atoms with Crippen LogP contribution in [-0.2, 0) is 4.79 Å². The molecule has 1 amide bonds. The lowest BCUT2D eigenvalue weighted by Crippen LogP contribution is -2.36. The van der Waals surface area contributed by atoms with Crippen LogP contribution in [0.1, 0.15) is 41.6 Å². The first-order valence-corrected chi connectivity index (χ1v) is 8.44. The van der Waals surface area contributed by atoms with E-state index in [9.17, 15) is 4.79 Å². The molecule has 126 valence electrons. The Kier molecular flexibility index (Phi) is 5.00. The van der Waals surface area contributed by atoms with E-state index in [1.807, 2.05) is 36.9 Å². The number of aromatic nitrogens is 2. The number of nitrogens with zero attached hydrogens (tertiary/aromatic N) is 3. The van der Waals surface area contributed by atoms with Gasteiger partial charge >= 0.3 is 0 Å². The summed E-state index contributed by atoms with van der Waals surface area (Å²) in [5.74, 6) is 1.61. The first kappa shape index (κ1) is 16.7. The van der Waals surface area contributed by atoms with E-state index >= 15 is 0 Å². The van der Waals surface area contributed by atoms with Crippen molar-refractivity contribution >= 4 is 23.6 Å². The Labute approximate surface area is 146 Å². The number of benzene rings is 1. The summed E-state index contributed by atoms with van der Waals surface area (Å²) in [4.78, 5) is 18.5. The average molecular weight is 346 g/mol. The van der Waals surface area contributed by atoms with Gasteiger partial charge in [0, 0.05) is 30.1 Å². The molecule has 1 aromatic carbocycles. The zero-order chi connectivity index (χ0) is 17.1. The molecule has 1 aliphatic rings. The Morgan fingerprint density at radius 3 is 2.71 bits per heavy atom. The van der Waals surface area contributed by atoms with Gasteiger partial charge in [-0.15, -0.1) is 0 Å². The van der Waals surface area contributed by atoms with Crippen LogP contribution in [0, 0.1) is 13.8 Å². The molecule has 1 aromatic heterocycles. The van der Waals surface area contributed by atoms with Crippen LogP contribution in [0.2, 0.25) is 5.02 Å². The van der Waals surface area contributed by atoms with Crippen molar-refractivity contribution in [2.24, 2.45) is 0 Å². The topological polar surface area (TPSA) is 59.2 Å². The highest BCUT2D eigenvalue weighted by atomic mass is 35.5. The van der Waals surface area contributed by atoms with Gasteiger partial charge in [0.05, 0.1) is 0 Å². The molecular weight excluding hydrogens is 326 g/mol. The zero-order valence-corrected chi connectivity index (χ0v) is 14.6. The van der Waals surface area contributed by atoms with E-state index in [1.54, 1.807) is 12.2 Å². The van der Waals surface area contributed by atoms with Gasteiger partial charge in [0.15, 0.2) is 5.82 Å². The fourth-order valence-electron chi connectivity index (χ4n) is 2.81. The molecule has 1 fully saturated rings. The molecule has 2 aromatic rings. The van der Waals surface area contributed by atoms with Crippen molar-refractivity contribution in [3.63, 3.8) is 0 Å². The number of hydrogen-bond acceptors (Lipinski definition) is 4. The number of aryl methyl sites for hydroxylation is 2. The molecule has 5 nitrogen and oxygen atoms in total. The molecule has 1 saturated heterocycles. The van der Waals surface area contributed by atoms with Crippen LogP contribution in [0.5, 0.6) is 0 Å². The minimum Gasteiger partial charge on any atom is -0.339 e. The van der Waals surface area contributed by atoms with Gasteiger partial charge < -0.3 is 9.42 Å². The van der Waals surface area contributed by atoms with Crippen LogP contribution in [0.4, 0.5) is 0 Å². The molecule has 0 saturated carbocycles. The number of carbonyl (C=O) groups is 1. The molecule has 0 N–H and O–H groups in total. The molecular formula is C18H20ClN3O2. The monoisotopic (exact) mass is 345 g/mol. The van der Waals surface area contributed by atoms with E-state index in [2.05, 4.69) is 10.1 Å². The maximum atomic E-state index is 12.3. The Morgan fingerprint density at radius 1 is 1.33 bits per heavy atom. The summed E-state index contributed by atoms with van der Waals surface area (Å²) in [7, 11) is 0. The van der Waals surface area contributed by atoms with Gasteiger partial charge in [0.25, 0.3) is 0 Å². The van der Waals surface area contributed by atoms with Crippen LogP contribution in [0.15, 0.2) is 28.8 Å². The van der Waals surface area contributed by atoms with Crippen LogP contribution < -0.4 is 0 Å². The van der Waals surface area contributed by atoms with Gasteiger partial charge in [0.2, 0.25) is 11.8 Å². The third kappa shape index (κ3) is 3.85. The summed E-state index contributed by atoms with van der Waals surface area (Å²) >= 11 is 6.10. The van der Waals surface area contributed by atoms with Crippen molar-refractivity contribution in [3.8, 4) is 0 Å². The Balaban J connectivity index is 1.56. The SMILES string of the molecule is Cc1noc(C2CCN(C(=O)C=Cc3ccc(C)c(Cl)c3)CC2)n1. The molecule has 24 heavy (non-hydrogen) atoms. The maximum absolute atomic E-state index is 12.3. The summed E-state index contributed by atoms with van der Waals surface area (Å²) in [6.07, 6.45) is 5.11. The van der Waals surface area contributed by atoms with E-state index in [0.717, 1.165) is 24.0 Å². The first-order valence-electron chi connectivity index (χ1n) is 8.06. The second kappa shape index (κ2) is 7.18. The highest BCUT2D eigenvalue weighted by Gasteiger charge is 2.26. The van der Waals surface area contributed by atoms with Crippen molar-refractivity contribution in [1.82, 2.24) is 15.0 Å². The number of amides is 1. The summed E-state index contributed by atoms with van der Waals surface area (Å²) < 4.78 is 5.23. The predicted octanol–water partition coefficient (Wildman–Crippen LogP) is 3.76. The maximum Gasteiger partial charge on any atom is 0.246 e. The summed E-state index contributed by atoms with van der Waals surface area (Å²) in [5.41, 5.74) is 1.95. The molecule has 6 heteroatoms. The normalized spacial score (nSPS) is 16.0. The van der Waals surface area contributed by atoms with Gasteiger partial charge in [-0.2, -0.15) is 4.98 Å². The second-order valence-corrected chi connectivity index (χ2v) is 6.53. The van der Waals surface area contributed by atoms with Crippen molar-refractivity contribution in [2.75, 3.05) is 13.1 Å². The predicted molar refractivity (Wildman–Crippen MR) is 92.8 cm³/mol. The van der Waals surface area contributed by atoms with E-state index in [0.29, 0.717) is 29.8 Å². The number of halogens is 1. The third-order valence-electron chi connectivity index (χ3n) is 4.31. The van der Waals surface area contributed by atoms with E-state index < -0.39 is 0 Å². The van der Waals surface area contributed by atoms with Gasteiger partial charge in [-0.05, 0) is 50.0 Å². The summed E-state index contributed by atoms with van der Waals surface area (Å²) in [6, 6.07) is 5.77. The highest BCUT2D eigenvalue weighted by Crippen LogP contribution is 2.27. The van der Waals surface area contributed by atoms with Crippen molar-refractivity contribution in [2.45, 2.75) is 32.6 Å². The Bertz CT molecular complexity index is 761. The smallest absolute Gasteiger partial charge is 0.246 e. The Hall–Kier alpha value is -2.14. The largest absolute Gasteiger partial charge is 0.339 e. The van der Waals surface area contributed by atoms with Crippen LogP contribution in [0.25, 0.3) is 6.08 Å². The van der Waals surface area contributed by atoms with Crippen molar-refractivity contribution in [1.29, 1.82) is 0 Å². The third-order valence-corrected chi connectivity index (χ3v) is 4.72. The van der Waals surface area contributed by atoms with Gasteiger partial charge in [0.1, 0.15) is 0 Å².